The Morgan fingerprint density at radius 3 is 2.41 bits per heavy atom. The molecule has 4 amide bonds. The molecule has 0 aliphatic carbocycles. The number of carbonyl (C=O) groups excluding carboxylic acids is 4. The zero-order valence-electron chi connectivity index (χ0n) is 16.4. The van der Waals surface area contributed by atoms with Crippen molar-refractivity contribution in [2.45, 2.75) is 26.8 Å². The molecule has 2 aromatic rings. The van der Waals surface area contributed by atoms with E-state index in [0.717, 1.165) is 5.56 Å². The zero-order valence-corrected chi connectivity index (χ0v) is 16.4. The highest BCUT2D eigenvalue weighted by Gasteiger charge is 2.17. The molecule has 0 saturated heterocycles. The molecule has 8 heteroatoms. The lowest BCUT2D eigenvalue weighted by Crippen LogP contribution is -2.44. The van der Waals surface area contributed by atoms with Gasteiger partial charge in [-0.05, 0) is 45.0 Å². The highest BCUT2D eigenvalue weighted by molar-refractivity contribution is 6.08. The normalized spacial score (nSPS) is 10.2. The van der Waals surface area contributed by atoms with Gasteiger partial charge in [0.15, 0.2) is 6.61 Å². The van der Waals surface area contributed by atoms with Crippen LogP contribution in [-0.2, 0) is 9.53 Å². The van der Waals surface area contributed by atoms with Gasteiger partial charge in [0.2, 0.25) is 0 Å². The summed E-state index contributed by atoms with van der Waals surface area (Å²) in [5, 5.41) is 7.21. The third-order valence-electron chi connectivity index (χ3n) is 3.68. The van der Waals surface area contributed by atoms with E-state index in [-0.39, 0.29) is 23.2 Å². The van der Waals surface area contributed by atoms with Gasteiger partial charge in [0.25, 0.3) is 11.8 Å². The largest absolute Gasteiger partial charge is 0.452 e. The summed E-state index contributed by atoms with van der Waals surface area (Å²) in [6, 6.07) is 12.5. The average molecular weight is 397 g/mol. The van der Waals surface area contributed by atoms with E-state index in [2.05, 4.69) is 16.0 Å². The number of aryl methyl sites for hydroxylation is 1. The Morgan fingerprint density at radius 1 is 1.00 bits per heavy atom. The molecule has 2 rings (SSSR count). The van der Waals surface area contributed by atoms with Crippen molar-refractivity contribution in [3.8, 4) is 0 Å². The summed E-state index contributed by atoms with van der Waals surface area (Å²) < 4.78 is 4.96. The van der Waals surface area contributed by atoms with E-state index >= 15 is 0 Å². The minimum atomic E-state index is -0.801. The van der Waals surface area contributed by atoms with Crippen LogP contribution in [0.15, 0.2) is 48.5 Å². The predicted molar refractivity (Wildman–Crippen MR) is 108 cm³/mol. The number of anilines is 1. The van der Waals surface area contributed by atoms with Gasteiger partial charge in [-0.15, -0.1) is 0 Å². The Bertz CT molecular complexity index is 924. The monoisotopic (exact) mass is 397 g/mol. The fourth-order valence-corrected chi connectivity index (χ4v) is 2.42. The number of nitrogens with one attached hydrogen (secondary N) is 3. The standard InChI is InChI=1S/C21H23N3O5/c1-13(2)22-21(28)24-18(25)12-29-20(27)16-9-4-5-10-17(16)23-19(26)15-8-6-7-14(3)11-15/h4-11,13H,12H2,1-3H3,(H,23,26)(H2,22,24,25,28). The number of ether oxygens (including phenoxy) is 1. The molecule has 0 fully saturated rings. The SMILES string of the molecule is Cc1cccc(C(=O)Nc2ccccc2C(=O)OCC(=O)NC(=O)NC(C)C)c1. The van der Waals surface area contributed by atoms with Crippen molar-refractivity contribution in [2.24, 2.45) is 0 Å². The summed E-state index contributed by atoms with van der Waals surface area (Å²) in [5.41, 5.74) is 1.72. The van der Waals surface area contributed by atoms with E-state index in [9.17, 15) is 19.2 Å². The molecule has 0 saturated carbocycles. The van der Waals surface area contributed by atoms with Crippen LogP contribution in [0.25, 0.3) is 0 Å². The highest BCUT2D eigenvalue weighted by Crippen LogP contribution is 2.17. The van der Waals surface area contributed by atoms with E-state index in [0.29, 0.717) is 5.56 Å². The fourth-order valence-electron chi connectivity index (χ4n) is 2.42. The summed E-state index contributed by atoms with van der Waals surface area (Å²) in [5.74, 6) is -1.95. The molecule has 0 heterocycles. The van der Waals surface area contributed by atoms with E-state index in [1.807, 2.05) is 13.0 Å². The van der Waals surface area contributed by atoms with Gasteiger partial charge < -0.3 is 15.4 Å². The summed E-state index contributed by atoms with van der Waals surface area (Å²) in [6.45, 7) is 4.72. The van der Waals surface area contributed by atoms with Crippen LogP contribution in [0.1, 0.15) is 40.1 Å². The quantitative estimate of drug-likeness (QED) is 0.649. The van der Waals surface area contributed by atoms with Crippen LogP contribution in [-0.4, -0.2) is 36.5 Å². The minimum absolute atomic E-state index is 0.0907. The van der Waals surface area contributed by atoms with Gasteiger partial charge in [-0.25, -0.2) is 9.59 Å². The number of rotatable bonds is 6. The number of hydrogen-bond acceptors (Lipinski definition) is 5. The summed E-state index contributed by atoms with van der Waals surface area (Å²) >= 11 is 0. The maximum absolute atomic E-state index is 12.4. The molecule has 0 aliphatic rings. The maximum atomic E-state index is 12.4. The Morgan fingerprint density at radius 2 is 1.72 bits per heavy atom. The number of para-hydroxylation sites is 1. The third-order valence-corrected chi connectivity index (χ3v) is 3.68. The molecule has 0 atom stereocenters. The van der Waals surface area contributed by atoms with Crippen molar-refractivity contribution in [1.29, 1.82) is 0 Å². The molecule has 152 valence electrons. The number of urea groups is 1. The minimum Gasteiger partial charge on any atom is -0.452 e. The van der Waals surface area contributed by atoms with Crippen molar-refractivity contribution >= 4 is 29.5 Å². The van der Waals surface area contributed by atoms with Gasteiger partial charge in [0.1, 0.15) is 0 Å². The molecule has 0 spiro atoms. The number of carbonyl (C=O) groups is 4. The number of esters is 1. The number of amides is 4. The van der Waals surface area contributed by atoms with Gasteiger partial charge in [-0.1, -0.05) is 29.8 Å². The second kappa shape index (κ2) is 10.0. The first-order valence-electron chi connectivity index (χ1n) is 9.00. The fraction of sp³-hybridized carbons (Fsp3) is 0.238. The first-order chi connectivity index (χ1) is 13.8. The van der Waals surface area contributed by atoms with Gasteiger partial charge in [-0.3, -0.25) is 14.9 Å². The first-order valence-corrected chi connectivity index (χ1v) is 9.00. The first kappa shape index (κ1) is 21.6. The molecule has 0 radical (unpaired) electrons. The second-order valence-electron chi connectivity index (χ2n) is 6.62. The molecular weight excluding hydrogens is 374 g/mol. The number of benzene rings is 2. The van der Waals surface area contributed by atoms with Gasteiger partial charge in [0, 0.05) is 11.6 Å². The molecule has 0 bridgehead atoms. The van der Waals surface area contributed by atoms with Crippen molar-refractivity contribution in [3.05, 3.63) is 65.2 Å². The van der Waals surface area contributed by atoms with Crippen LogP contribution in [0.4, 0.5) is 10.5 Å². The molecule has 29 heavy (non-hydrogen) atoms. The Labute approximate surface area is 168 Å². The molecule has 0 aliphatic heterocycles. The van der Waals surface area contributed by atoms with Crippen molar-refractivity contribution in [2.75, 3.05) is 11.9 Å². The lowest BCUT2D eigenvalue weighted by Gasteiger charge is -2.12. The van der Waals surface area contributed by atoms with Gasteiger partial charge in [0.05, 0.1) is 11.3 Å². The second-order valence-corrected chi connectivity index (χ2v) is 6.62. The lowest BCUT2D eigenvalue weighted by molar-refractivity contribution is -0.123. The summed E-state index contributed by atoms with van der Waals surface area (Å²) in [6.07, 6.45) is 0. The molecule has 2 aromatic carbocycles. The van der Waals surface area contributed by atoms with E-state index in [1.54, 1.807) is 50.2 Å². The molecule has 3 N–H and O–H groups in total. The number of imide groups is 1. The molecule has 0 unspecified atom stereocenters. The Hall–Kier alpha value is -3.68. The summed E-state index contributed by atoms with van der Waals surface area (Å²) in [4.78, 5) is 48.0. The van der Waals surface area contributed by atoms with Crippen LogP contribution < -0.4 is 16.0 Å². The molecule has 8 nitrogen and oxygen atoms in total. The lowest BCUT2D eigenvalue weighted by atomic mass is 10.1. The van der Waals surface area contributed by atoms with Crippen LogP contribution in [0.5, 0.6) is 0 Å². The van der Waals surface area contributed by atoms with Crippen LogP contribution in [0.2, 0.25) is 0 Å². The Balaban J connectivity index is 2.00. The van der Waals surface area contributed by atoms with Crippen molar-refractivity contribution in [3.63, 3.8) is 0 Å². The summed E-state index contributed by atoms with van der Waals surface area (Å²) in [7, 11) is 0. The van der Waals surface area contributed by atoms with Crippen molar-refractivity contribution < 1.29 is 23.9 Å². The van der Waals surface area contributed by atoms with E-state index < -0.39 is 24.5 Å². The number of hydrogen-bond donors (Lipinski definition) is 3. The zero-order chi connectivity index (χ0) is 21.4. The van der Waals surface area contributed by atoms with Crippen LogP contribution in [0, 0.1) is 6.92 Å². The average Bonchev–Trinajstić information content (AvgIpc) is 2.65. The van der Waals surface area contributed by atoms with Crippen molar-refractivity contribution in [1.82, 2.24) is 10.6 Å². The van der Waals surface area contributed by atoms with Gasteiger partial charge >= 0.3 is 12.0 Å². The smallest absolute Gasteiger partial charge is 0.340 e. The Kier molecular flexibility index (Phi) is 7.47. The maximum Gasteiger partial charge on any atom is 0.340 e. The van der Waals surface area contributed by atoms with E-state index in [1.165, 1.54) is 6.07 Å². The van der Waals surface area contributed by atoms with Crippen LogP contribution in [0.3, 0.4) is 0 Å². The third kappa shape index (κ3) is 6.76. The van der Waals surface area contributed by atoms with Gasteiger partial charge in [-0.2, -0.15) is 0 Å². The van der Waals surface area contributed by atoms with Crippen LogP contribution >= 0.6 is 0 Å². The van der Waals surface area contributed by atoms with E-state index in [4.69, 9.17) is 4.74 Å². The molecular formula is C21H23N3O5. The predicted octanol–water partition coefficient (Wildman–Crippen LogP) is 2.64. The molecule has 0 aromatic heterocycles. The topological polar surface area (TPSA) is 114 Å². The highest BCUT2D eigenvalue weighted by atomic mass is 16.5.